The number of ketones is 2. The maximum Gasteiger partial charge on any atom is 0.245 e. The van der Waals surface area contributed by atoms with Gasteiger partial charge in [0, 0.05) is 11.3 Å². The molecule has 0 amide bonds. The lowest BCUT2D eigenvalue weighted by molar-refractivity contribution is -0.196. The van der Waals surface area contributed by atoms with Crippen LogP contribution in [0.1, 0.15) is 59.3 Å². The number of alkyl halides is 1. The summed E-state index contributed by atoms with van der Waals surface area (Å²) in [4.78, 5) is 24.3. The number of carbonyl (C=O) groups excluding carboxylic acids is 2. The summed E-state index contributed by atoms with van der Waals surface area (Å²) < 4.78 is 0. The van der Waals surface area contributed by atoms with Crippen molar-refractivity contribution < 1.29 is 19.8 Å². The van der Waals surface area contributed by atoms with E-state index in [4.69, 9.17) is 11.6 Å². The van der Waals surface area contributed by atoms with Crippen molar-refractivity contribution in [2.75, 3.05) is 0 Å². The maximum absolute atomic E-state index is 12.2. The smallest absolute Gasteiger partial charge is 0.245 e. The fourth-order valence-electron chi connectivity index (χ4n) is 7.32. The largest absolute Gasteiger partial charge is 0.358 e. The number of halogens is 1. The molecule has 144 valence electrons. The molecule has 0 bridgehead atoms. The van der Waals surface area contributed by atoms with Crippen LogP contribution < -0.4 is 0 Å². The summed E-state index contributed by atoms with van der Waals surface area (Å²) in [7, 11) is 0. The van der Waals surface area contributed by atoms with Crippen LogP contribution in [0, 0.1) is 34.5 Å². The molecule has 4 aliphatic carbocycles. The molecule has 0 spiro atoms. The molecule has 4 rings (SSSR count). The highest BCUT2D eigenvalue weighted by Crippen LogP contribution is 2.67. The Labute approximate surface area is 160 Å². The van der Waals surface area contributed by atoms with Crippen molar-refractivity contribution in [2.24, 2.45) is 34.5 Å². The number of carbonyl (C=O) groups is 2. The van der Waals surface area contributed by atoms with Gasteiger partial charge in [0.1, 0.15) is 11.2 Å². The van der Waals surface area contributed by atoms with Gasteiger partial charge < -0.3 is 10.2 Å². The highest BCUT2D eigenvalue weighted by Gasteiger charge is 2.65. The molecule has 0 aromatic heterocycles. The van der Waals surface area contributed by atoms with Crippen molar-refractivity contribution in [3.8, 4) is 0 Å². The van der Waals surface area contributed by atoms with E-state index in [1.807, 2.05) is 6.92 Å². The Morgan fingerprint density at radius 1 is 1.15 bits per heavy atom. The molecule has 5 heteroatoms. The molecule has 1 unspecified atom stereocenters. The van der Waals surface area contributed by atoms with Crippen molar-refractivity contribution >= 4 is 23.2 Å². The zero-order valence-corrected chi connectivity index (χ0v) is 16.6. The van der Waals surface area contributed by atoms with Gasteiger partial charge in [-0.25, -0.2) is 0 Å². The summed E-state index contributed by atoms with van der Waals surface area (Å²) in [5, 5.41) is 19.7. The van der Waals surface area contributed by atoms with Crippen LogP contribution in [0.3, 0.4) is 0 Å². The summed E-state index contributed by atoms with van der Waals surface area (Å²) in [5.74, 6) is -1.62. The van der Waals surface area contributed by atoms with Gasteiger partial charge in [0.15, 0.2) is 0 Å². The number of Topliss-reactive ketones (excluding diaryl/α,β-unsaturated/α-hetero) is 1. The van der Waals surface area contributed by atoms with E-state index in [0.717, 1.165) is 44.1 Å². The lowest BCUT2D eigenvalue weighted by Crippen LogP contribution is -2.62. The van der Waals surface area contributed by atoms with Gasteiger partial charge in [-0.3, -0.25) is 9.59 Å². The third-order valence-corrected chi connectivity index (χ3v) is 9.44. The number of aliphatic hydroxyl groups is 2. The van der Waals surface area contributed by atoms with Crippen molar-refractivity contribution in [1.82, 2.24) is 0 Å². The van der Waals surface area contributed by atoms with Gasteiger partial charge in [0.05, 0.1) is 0 Å². The Bertz CT molecular complexity index is 698. The Morgan fingerprint density at radius 3 is 2.50 bits per heavy atom. The minimum absolute atomic E-state index is 0.0480. The van der Waals surface area contributed by atoms with E-state index in [0.29, 0.717) is 17.6 Å². The van der Waals surface area contributed by atoms with Gasteiger partial charge in [0.25, 0.3) is 0 Å². The predicted molar refractivity (Wildman–Crippen MR) is 98.5 cm³/mol. The van der Waals surface area contributed by atoms with Crippen LogP contribution >= 0.6 is 11.6 Å². The predicted octanol–water partition coefficient (Wildman–Crippen LogP) is 3.23. The van der Waals surface area contributed by atoms with Crippen molar-refractivity contribution in [3.63, 3.8) is 0 Å². The average molecular weight is 381 g/mol. The molecular weight excluding hydrogens is 352 g/mol. The van der Waals surface area contributed by atoms with Gasteiger partial charge >= 0.3 is 0 Å². The lowest BCUT2D eigenvalue weighted by atomic mass is 9.46. The summed E-state index contributed by atoms with van der Waals surface area (Å²) >= 11 is 6.58. The van der Waals surface area contributed by atoms with E-state index in [9.17, 15) is 19.8 Å². The highest BCUT2D eigenvalue weighted by atomic mass is 35.5. The monoisotopic (exact) mass is 380 g/mol. The summed E-state index contributed by atoms with van der Waals surface area (Å²) in [6.45, 7) is 6.02. The zero-order valence-electron chi connectivity index (χ0n) is 15.8. The van der Waals surface area contributed by atoms with E-state index >= 15 is 0 Å². The number of hydrogen-bond donors (Lipinski definition) is 2. The second-order valence-electron chi connectivity index (χ2n) is 9.61. The Kier molecular flexibility index (Phi) is 4.05. The number of hydrogen-bond acceptors (Lipinski definition) is 4. The summed E-state index contributed by atoms with van der Waals surface area (Å²) in [6, 6.07) is 0. The third-order valence-electron chi connectivity index (χ3n) is 8.68. The van der Waals surface area contributed by atoms with Crippen LogP contribution in [-0.4, -0.2) is 32.9 Å². The highest BCUT2D eigenvalue weighted by molar-refractivity contribution is 6.25. The fourth-order valence-corrected chi connectivity index (χ4v) is 7.73. The molecule has 0 saturated heterocycles. The molecule has 3 fully saturated rings. The Balaban J connectivity index is 1.73. The van der Waals surface area contributed by atoms with Crippen molar-refractivity contribution in [1.29, 1.82) is 0 Å². The third kappa shape index (κ3) is 2.15. The van der Waals surface area contributed by atoms with Crippen molar-refractivity contribution in [2.45, 2.75) is 70.5 Å². The maximum atomic E-state index is 12.2. The van der Waals surface area contributed by atoms with E-state index in [1.54, 1.807) is 6.92 Å². The van der Waals surface area contributed by atoms with Gasteiger partial charge in [-0.2, -0.15) is 0 Å². The summed E-state index contributed by atoms with van der Waals surface area (Å²) in [5.41, 5.74) is 0.441. The number of allylic oxidation sites excluding steroid dienone is 1. The Morgan fingerprint density at radius 2 is 1.85 bits per heavy atom. The zero-order chi connectivity index (χ0) is 19.1. The van der Waals surface area contributed by atoms with Gasteiger partial charge in [-0.05, 0) is 74.7 Å². The lowest BCUT2D eigenvalue weighted by Gasteiger charge is -2.60. The number of rotatable bonds is 1. The van der Waals surface area contributed by atoms with Crippen LogP contribution in [0.4, 0.5) is 0 Å². The topological polar surface area (TPSA) is 74.6 Å². The van der Waals surface area contributed by atoms with Crippen LogP contribution in [0.15, 0.2) is 11.6 Å². The van der Waals surface area contributed by atoms with Crippen molar-refractivity contribution in [3.05, 3.63) is 11.6 Å². The van der Waals surface area contributed by atoms with Crippen LogP contribution in [0.2, 0.25) is 0 Å². The normalized spacial score (nSPS) is 49.7. The van der Waals surface area contributed by atoms with Gasteiger partial charge in [-0.15, -0.1) is 11.6 Å². The molecule has 26 heavy (non-hydrogen) atoms. The first-order valence-corrected chi connectivity index (χ1v) is 10.3. The van der Waals surface area contributed by atoms with Crippen LogP contribution in [0.5, 0.6) is 0 Å². The molecule has 3 saturated carbocycles. The molecule has 0 aliphatic heterocycles. The minimum atomic E-state index is -2.50. The van der Waals surface area contributed by atoms with E-state index in [2.05, 4.69) is 6.92 Å². The summed E-state index contributed by atoms with van der Waals surface area (Å²) in [6.07, 6.45) is 7.13. The molecule has 0 aromatic carbocycles. The van der Waals surface area contributed by atoms with Gasteiger partial charge in [0.2, 0.25) is 11.6 Å². The van der Waals surface area contributed by atoms with Crippen LogP contribution in [-0.2, 0) is 9.59 Å². The molecule has 4 aliphatic rings. The fraction of sp³-hybridized carbons (Fsp3) is 0.810. The molecule has 0 aromatic rings. The van der Waals surface area contributed by atoms with E-state index in [-0.39, 0.29) is 17.3 Å². The van der Waals surface area contributed by atoms with Crippen LogP contribution in [0.25, 0.3) is 0 Å². The average Bonchev–Trinajstić information content (AvgIpc) is 2.92. The SMILES string of the molecule is CC(=O)[C@@H]1CC[C@H]2[C@@H]3CCC4=CC(=O)C(O)(O)C(Cl)[C@]4(C)[C@H]3CC[C@]12C. The molecular formula is C21H29ClO4. The molecule has 0 heterocycles. The minimum Gasteiger partial charge on any atom is -0.358 e. The van der Waals surface area contributed by atoms with E-state index < -0.39 is 22.4 Å². The Hall–Kier alpha value is -0.710. The number of fused-ring (bicyclic) bond motifs is 5. The molecule has 0 radical (unpaired) electrons. The quantitative estimate of drug-likeness (QED) is 0.541. The standard InChI is InChI=1S/C21H29ClO4/c1-11(23)14-6-7-15-13-5-4-12-10-17(24)21(25,26)18(22)20(12,3)16(13)8-9-19(14,15)2/h10,13-16,18,25-26H,4-9H2,1-3H3/t13-,14-,15-,16-,18?,19+,20-/m0/s1. The molecule has 2 N–H and O–H groups in total. The van der Waals surface area contributed by atoms with Gasteiger partial charge in [-0.1, -0.05) is 19.4 Å². The second-order valence-corrected chi connectivity index (χ2v) is 10.0. The first-order valence-electron chi connectivity index (χ1n) is 9.89. The first kappa shape index (κ1) is 18.6. The van der Waals surface area contributed by atoms with E-state index in [1.165, 1.54) is 6.08 Å². The second kappa shape index (κ2) is 5.65. The molecule has 4 nitrogen and oxygen atoms in total. The molecule has 7 atom stereocenters. The first-order chi connectivity index (χ1) is 12.0.